The second-order valence-electron chi connectivity index (χ2n) is 14.2. The molecule has 0 fully saturated rings. The largest absolute Gasteiger partial charge is 0.508 e. The van der Waals surface area contributed by atoms with Gasteiger partial charge in [-0.1, -0.05) is 30.3 Å². The minimum absolute atomic E-state index is 0.0331. The number of primary amides is 1. The van der Waals surface area contributed by atoms with Gasteiger partial charge in [0.25, 0.3) is 5.91 Å². The Bertz CT molecular complexity index is 1750. The quantitative estimate of drug-likeness (QED) is 0.0495. The second-order valence-corrected chi connectivity index (χ2v) is 14.2. The van der Waals surface area contributed by atoms with Crippen LogP contribution in [0.2, 0.25) is 0 Å². The van der Waals surface area contributed by atoms with E-state index in [1.165, 1.54) is 0 Å². The van der Waals surface area contributed by atoms with E-state index in [1.807, 2.05) is 54.6 Å². The Kier molecular flexibility index (Phi) is 16.6. The lowest BCUT2D eigenvalue weighted by Crippen LogP contribution is -2.52. The summed E-state index contributed by atoms with van der Waals surface area (Å²) in [5.74, 6) is -0.105. The van der Waals surface area contributed by atoms with E-state index in [1.54, 1.807) is 46.8 Å². The number of unbranched alkanes of at least 4 members (excludes halogenated alkanes) is 1. The number of carbonyl (C=O) groups is 4. The topological polar surface area (TPSA) is 243 Å². The molecule has 3 aromatic carbocycles. The molecule has 0 saturated carbocycles. The fourth-order valence-electron chi connectivity index (χ4n) is 5.83. The highest BCUT2D eigenvalue weighted by atomic mass is 16.6. The van der Waals surface area contributed by atoms with Crippen molar-refractivity contribution < 1.29 is 38.5 Å². The molecule has 3 atom stereocenters. The monoisotopic (exact) mass is 761 g/mol. The van der Waals surface area contributed by atoms with Crippen LogP contribution in [0, 0.1) is 13.8 Å². The SMILES string of the molecule is Cc1cc(O)cc(C)c1C[C@H](NC(=O)[C@@H](CCCN=C(N)N)OC(N)=O)C(=O)N[C@@H](CCCCNC(=O)OC(C)(C)C)c1cccc(Oc2ccccc2)c1. The molecule has 0 unspecified atom stereocenters. The average molecular weight is 762 g/mol. The summed E-state index contributed by atoms with van der Waals surface area (Å²) < 4.78 is 16.6. The van der Waals surface area contributed by atoms with Crippen molar-refractivity contribution in [3.8, 4) is 17.2 Å². The third kappa shape index (κ3) is 15.9. The van der Waals surface area contributed by atoms with E-state index in [9.17, 15) is 24.3 Å². The maximum atomic E-state index is 14.4. The summed E-state index contributed by atoms with van der Waals surface area (Å²) >= 11 is 0. The predicted molar refractivity (Wildman–Crippen MR) is 210 cm³/mol. The number of amides is 4. The average Bonchev–Trinajstić information content (AvgIpc) is 3.09. The molecular formula is C40H55N7O8. The molecule has 298 valence electrons. The number of phenolic OH excluding ortho intramolecular Hbond substituents is 1. The van der Waals surface area contributed by atoms with E-state index in [0.717, 1.165) is 11.1 Å². The molecule has 0 aromatic heterocycles. The Balaban J connectivity index is 1.91. The number of hydrogen-bond acceptors (Lipinski definition) is 9. The van der Waals surface area contributed by atoms with Crippen molar-refractivity contribution in [3.05, 3.63) is 89.0 Å². The van der Waals surface area contributed by atoms with Crippen LogP contribution in [-0.2, 0) is 25.5 Å². The number of alkyl carbamates (subject to hydrolysis) is 1. The van der Waals surface area contributed by atoms with E-state index < -0.39 is 47.8 Å². The van der Waals surface area contributed by atoms with Gasteiger partial charge in [-0.3, -0.25) is 14.6 Å². The molecule has 15 nitrogen and oxygen atoms in total. The van der Waals surface area contributed by atoms with Gasteiger partial charge in [-0.15, -0.1) is 0 Å². The number of carbonyl (C=O) groups excluding carboxylic acids is 4. The summed E-state index contributed by atoms with van der Waals surface area (Å²) in [6, 6.07) is 18.1. The highest BCUT2D eigenvalue weighted by molar-refractivity contribution is 5.90. The van der Waals surface area contributed by atoms with Crippen LogP contribution in [0.5, 0.6) is 17.2 Å². The number of nitrogens with one attached hydrogen (secondary N) is 3. The van der Waals surface area contributed by atoms with E-state index in [2.05, 4.69) is 20.9 Å². The zero-order valence-corrected chi connectivity index (χ0v) is 32.2. The molecule has 3 aromatic rings. The van der Waals surface area contributed by atoms with Crippen LogP contribution in [-0.4, -0.2) is 65.9 Å². The van der Waals surface area contributed by atoms with Crippen LogP contribution >= 0.6 is 0 Å². The van der Waals surface area contributed by atoms with Gasteiger partial charge in [0.15, 0.2) is 12.1 Å². The summed E-state index contributed by atoms with van der Waals surface area (Å²) in [6.45, 7) is 9.49. The molecule has 0 spiro atoms. The molecule has 0 aliphatic carbocycles. The Hall–Kier alpha value is -5.99. The number of guanidine groups is 1. The molecule has 0 saturated heterocycles. The summed E-state index contributed by atoms with van der Waals surface area (Å²) in [6.07, 6.45) is -0.990. The highest BCUT2D eigenvalue weighted by Gasteiger charge is 2.30. The smallest absolute Gasteiger partial charge is 0.407 e. The Labute approximate surface area is 322 Å². The van der Waals surface area contributed by atoms with Crippen molar-refractivity contribution in [1.29, 1.82) is 0 Å². The van der Waals surface area contributed by atoms with Gasteiger partial charge in [-0.2, -0.15) is 0 Å². The van der Waals surface area contributed by atoms with Crippen LogP contribution in [0.25, 0.3) is 0 Å². The number of para-hydroxylation sites is 1. The molecule has 0 aliphatic heterocycles. The van der Waals surface area contributed by atoms with E-state index in [0.29, 0.717) is 48.4 Å². The van der Waals surface area contributed by atoms with Gasteiger partial charge in [0.2, 0.25) is 5.91 Å². The lowest BCUT2D eigenvalue weighted by Gasteiger charge is -2.27. The Morgan fingerprint density at radius 2 is 1.49 bits per heavy atom. The zero-order valence-electron chi connectivity index (χ0n) is 32.2. The Morgan fingerprint density at radius 3 is 2.13 bits per heavy atom. The molecule has 0 radical (unpaired) electrons. The normalized spacial score (nSPS) is 12.7. The molecular weight excluding hydrogens is 706 g/mol. The van der Waals surface area contributed by atoms with Gasteiger partial charge in [0.1, 0.15) is 28.9 Å². The first-order chi connectivity index (χ1) is 26.0. The third-order valence-corrected chi connectivity index (χ3v) is 8.34. The molecule has 4 amide bonds. The van der Waals surface area contributed by atoms with Crippen molar-refractivity contribution in [2.45, 2.75) is 96.9 Å². The molecule has 0 bridgehead atoms. The number of benzene rings is 3. The number of aromatic hydroxyl groups is 1. The van der Waals surface area contributed by atoms with Gasteiger partial charge in [0.05, 0.1) is 6.04 Å². The fourth-order valence-corrected chi connectivity index (χ4v) is 5.83. The summed E-state index contributed by atoms with van der Waals surface area (Å²) in [5, 5.41) is 18.9. The lowest BCUT2D eigenvalue weighted by atomic mass is 9.94. The zero-order chi connectivity index (χ0) is 40.5. The minimum Gasteiger partial charge on any atom is -0.508 e. The molecule has 10 N–H and O–H groups in total. The van der Waals surface area contributed by atoms with Crippen LogP contribution < -0.4 is 37.9 Å². The number of phenols is 1. The standard InChI is InChI=1S/C40H55N7O8/c1-25-21-28(48)22-26(2)31(25)24-33(47-36(50)34(54-38(43)51)18-12-20-44-37(41)42)35(49)46-32(17-9-10-19-45-39(52)55-40(3,4)5)27-13-11-16-30(23-27)53-29-14-7-6-8-15-29/h6-8,11,13-16,21-23,32-34,48H,9-10,12,17-20,24H2,1-5H3,(H2,43,51)(H,45,52)(H,46,49)(H,47,50)(H4,41,42,44)/t32-,33-,34+/m0/s1. The van der Waals surface area contributed by atoms with E-state index in [-0.39, 0.29) is 37.5 Å². The van der Waals surface area contributed by atoms with Crippen molar-refractivity contribution in [3.63, 3.8) is 0 Å². The first-order valence-corrected chi connectivity index (χ1v) is 18.2. The van der Waals surface area contributed by atoms with Crippen LogP contribution in [0.3, 0.4) is 0 Å². The highest BCUT2D eigenvalue weighted by Crippen LogP contribution is 2.28. The number of hydrogen-bond donors (Lipinski definition) is 7. The molecule has 15 heteroatoms. The van der Waals surface area contributed by atoms with Crippen molar-refractivity contribution in [2.24, 2.45) is 22.2 Å². The van der Waals surface area contributed by atoms with Gasteiger partial charge >= 0.3 is 12.2 Å². The van der Waals surface area contributed by atoms with Crippen molar-refractivity contribution >= 4 is 30.0 Å². The van der Waals surface area contributed by atoms with Crippen LogP contribution in [0.4, 0.5) is 9.59 Å². The first kappa shape index (κ1) is 43.4. The van der Waals surface area contributed by atoms with Crippen LogP contribution in [0.1, 0.15) is 81.2 Å². The number of nitrogens with two attached hydrogens (primary N) is 3. The Morgan fingerprint density at radius 1 is 0.818 bits per heavy atom. The summed E-state index contributed by atoms with van der Waals surface area (Å²) in [4.78, 5) is 55.9. The molecule has 0 heterocycles. The number of aliphatic imine (C=N–C) groups is 1. The minimum atomic E-state index is -1.33. The van der Waals surface area contributed by atoms with Crippen molar-refractivity contribution in [1.82, 2.24) is 16.0 Å². The predicted octanol–water partition coefficient (Wildman–Crippen LogP) is 4.90. The van der Waals surface area contributed by atoms with Gasteiger partial charge < -0.3 is 52.5 Å². The first-order valence-electron chi connectivity index (χ1n) is 18.2. The maximum absolute atomic E-state index is 14.4. The molecule has 55 heavy (non-hydrogen) atoms. The number of nitrogens with zero attached hydrogens (tertiary/aromatic N) is 1. The fraction of sp³-hybridized carbons (Fsp3) is 0.425. The van der Waals surface area contributed by atoms with Gasteiger partial charge in [-0.25, -0.2) is 9.59 Å². The van der Waals surface area contributed by atoms with Gasteiger partial charge in [-0.05, 0) is 125 Å². The maximum Gasteiger partial charge on any atom is 0.407 e. The summed E-state index contributed by atoms with van der Waals surface area (Å²) in [5.41, 5.74) is 18.4. The number of aryl methyl sites for hydroxylation is 2. The molecule has 0 aliphatic rings. The van der Waals surface area contributed by atoms with Crippen molar-refractivity contribution in [2.75, 3.05) is 13.1 Å². The third-order valence-electron chi connectivity index (χ3n) is 8.34. The van der Waals surface area contributed by atoms with Crippen LogP contribution in [0.15, 0.2) is 71.7 Å². The second kappa shape index (κ2) is 21.0. The van der Waals surface area contributed by atoms with E-state index in [4.69, 9.17) is 31.4 Å². The van der Waals surface area contributed by atoms with E-state index >= 15 is 0 Å². The lowest BCUT2D eigenvalue weighted by molar-refractivity contribution is -0.134. The van der Waals surface area contributed by atoms with Gasteiger partial charge in [0, 0.05) is 19.5 Å². The summed E-state index contributed by atoms with van der Waals surface area (Å²) in [7, 11) is 0. The number of rotatable bonds is 19. The number of ether oxygens (including phenoxy) is 3. The molecule has 3 rings (SSSR count).